The smallest absolute Gasteiger partial charge is 0.306 e. The normalized spacial score (nSPS) is 13.9. The van der Waals surface area contributed by atoms with Crippen molar-refractivity contribution in [1.82, 2.24) is 0 Å². The lowest BCUT2D eigenvalue weighted by Gasteiger charge is -2.28. The highest BCUT2D eigenvalue weighted by molar-refractivity contribution is 7.45. The van der Waals surface area contributed by atoms with Gasteiger partial charge in [0.25, 0.3) is 7.82 Å². The fourth-order valence-electron chi connectivity index (χ4n) is 5.84. The quantitative estimate of drug-likeness (QED) is 0.0198. The second kappa shape index (κ2) is 37.8. The van der Waals surface area contributed by atoms with Crippen molar-refractivity contribution in [2.24, 2.45) is 0 Å². The summed E-state index contributed by atoms with van der Waals surface area (Å²) in [4.78, 5) is 37.5. The molecule has 0 aromatic heterocycles. The van der Waals surface area contributed by atoms with Crippen molar-refractivity contribution in [3.63, 3.8) is 0 Å². The molecule has 0 aromatic carbocycles. The maximum absolute atomic E-state index is 12.7. The summed E-state index contributed by atoms with van der Waals surface area (Å²) >= 11 is 0. The van der Waals surface area contributed by atoms with Crippen LogP contribution in [0.1, 0.15) is 187 Å². The Labute approximate surface area is 338 Å². The van der Waals surface area contributed by atoms with Crippen molar-refractivity contribution in [1.29, 1.82) is 0 Å². The summed E-state index contributed by atoms with van der Waals surface area (Å²) in [7, 11) is 1.15. The summed E-state index contributed by atoms with van der Waals surface area (Å²) in [5.41, 5.74) is 0. The monoisotopic (exact) mass is 798 g/mol. The van der Waals surface area contributed by atoms with E-state index in [1.54, 1.807) is 0 Å². The Balaban J connectivity index is 4.36. The number of hydrogen-bond acceptors (Lipinski definition) is 8. The molecule has 0 aromatic rings. The van der Waals surface area contributed by atoms with E-state index in [-0.39, 0.29) is 26.1 Å². The Morgan fingerprint density at radius 3 is 1.51 bits per heavy atom. The molecule has 0 bridgehead atoms. The number of phosphoric ester groups is 1. The van der Waals surface area contributed by atoms with Gasteiger partial charge in [0.05, 0.1) is 27.7 Å². The van der Waals surface area contributed by atoms with Gasteiger partial charge in [-0.3, -0.25) is 14.2 Å². The number of phosphoric acid groups is 1. The van der Waals surface area contributed by atoms with Crippen LogP contribution in [0, 0.1) is 0 Å². The molecule has 1 unspecified atom stereocenters. The van der Waals surface area contributed by atoms with Crippen LogP contribution in [0.5, 0.6) is 0 Å². The number of ether oxygens (including phenoxy) is 2. The number of carbonyl (C=O) groups is 2. The summed E-state index contributed by atoms with van der Waals surface area (Å²) in [6.07, 6.45) is 41.6. The maximum atomic E-state index is 12.7. The second-order valence-electron chi connectivity index (χ2n) is 16.1. The van der Waals surface area contributed by atoms with Crippen LogP contribution in [0.4, 0.5) is 0 Å². The summed E-state index contributed by atoms with van der Waals surface area (Å²) in [6, 6.07) is 0. The van der Waals surface area contributed by atoms with Crippen LogP contribution in [0.3, 0.4) is 0 Å². The van der Waals surface area contributed by atoms with Gasteiger partial charge in [-0.1, -0.05) is 147 Å². The van der Waals surface area contributed by atoms with Crippen molar-refractivity contribution in [2.45, 2.75) is 193 Å². The number of hydrogen-bond donors (Lipinski definition) is 0. The van der Waals surface area contributed by atoms with Crippen LogP contribution >= 0.6 is 7.82 Å². The third kappa shape index (κ3) is 41.7. The van der Waals surface area contributed by atoms with Gasteiger partial charge in [-0.25, -0.2) is 0 Å². The molecular formula is C45H84NO8P. The molecule has 0 amide bonds. The fraction of sp³-hybridized carbons (Fsp3) is 0.822. The number of allylic oxidation sites excluding steroid dienone is 6. The summed E-state index contributed by atoms with van der Waals surface area (Å²) in [5, 5.41) is 0. The molecule has 0 fully saturated rings. The lowest BCUT2D eigenvalue weighted by molar-refractivity contribution is -0.870. The topological polar surface area (TPSA) is 111 Å². The average molecular weight is 798 g/mol. The third-order valence-corrected chi connectivity index (χ3v) is 10.3. The van der Waals surface area contributed by atoms with E-state index in [0.29, 0.717) is 17.4 Å². The predicted octanol–water partition coefficient (Wildman–Crippen LogP) is 11.9. The minimum Gasteiger partial charge on any atom is -0.756 e. The first-order valence-corrected chi connectivity index (χ1v) is 23.7. The minimum absolute atomic E-state index is 0.0345. The first kappa shape index (κ1) is 53.2. The Morgan fingerprint density at radius 1 is 0.564 bits per heavy atom. The first-order valence-electron chi connectivity index (χ1n) is 22.2. The van der Waals surface area contributed by atoms with Gasteiger partial charge >= 0.3 is 11.9 Å². The maximum Gasteiger partial charge on any atom is 0.306 e. The molecule has 2 atom stereocenters. The second-order valence-corrected chi connectivity index (χ2v) is 17.5. The molecule has 9 nitrogen and oxygen atoms in total. The number of nitrogens with zero attached hydrogens (tertiary/aromatic N) is 1. The lowest BCUT2D eigenvalue weighted by Crippen LogP contribution is -2.37. The number of unbranched alkanes of at least 4 members (excludes halogenated alkanes) is 20. The van der Waals surface area contributed by atoms with Crippen LogP contribution < -0.4 is 4.89 Å². The molecule has 0 saturated heterocycles. The van der Waals surface area contributed by atoms with Crippen molar-refractivity contribution in [3.8, 4) is 0 Å². The van der Waals surface area contributed by atoms with Crippen LogP contribution in [-0.2, 0) is 32.7 Å². The van der Waals surface area contributed by atoms with E-state index < -0.39 is 32.5 Å². The Hall–Kier alpha value is -1.77. The van der Waals surface area contributed by atoms with E-state index in [4.69, 9.17) is 18.5 Å². The number of esters is 2. The summed E-state index contributed by atoms with van der Waals surface area (Å²) in [6.45, 7) is 4.16. The third-order valence-electron chi connectivity index (χ3n) is 9.38. The molecule has 0 aliphatic carbocycles. The zero-order valence-corrected chi connectivity index (χ0v) is 37.0. The highest BCUT2D eigenvalue weighted by Gasteiger charge is 2.21. The molecule has 0 radical (unpaired) electrons. The number of rotatable bonds is 40. The highest BCUT2D eigenvalue weighted by Crippen LogP contribution is 2.38. The van der Waals surface area contributed by atoms with Crippen LogP contribution in [0.2, 0.25) is 0 Å². The van der Waals surface area contributed by atoms with Gasteiger partial charge in [-0.2, -0.15) is 0 Å². The Morgan fingerprint density at radius 2 is 1.00 bits per heavy atom. The van der Waals surface area contributed by atoms with Gasteiger partial charge in [0, 0.05) is 12.8 Å². The molecule has 55 heavy (non-hydrogen) atoms. The van der Waals surface area contributed by atoms with Crippen molar-refractivity contribution >= 4 is 19.8 Å². The molecule has 0 aliphatic heterocycles. The average Bonchev–Trinajstić information content (AvgIpc) is 3.13. The van der Waals surface area contributed by atoms with Gasteiger partial charge in [0.15, 0.2) is 6.10 Å². The molecule has 0 aliphatic rings. The molecular weight excluding hydrogens is 713 g/mol. The largest absolute Gasteiger partial charge is 0.756 e. The zero-order valence-electron chi connectivity index (χ0n) is 36.1. The molecule has 0 heterocycles. The van der Waals surface area contributed by atoms with Crippen LogP contribution in [-0.4, -0.2) is 70.0 Å². The molecule has 10 heteroatoms. The highest BCUT2D eigenvalue weighted by atomic mass is 31.2. The lowest BCUT2D eigenvalue weighted by atomic mass is 10.1. The van der Waals surface area contributed by atoms with Gasteiger partial charge in [-0.05, 0) is 64.2 Å². The molecule has 0 rings (SSSR count). The molecule has 0 saturated carbocycles. The fourth-order valence-corrected chi connectivity index (χ4v) is 6.57. The van der Waals surface area contributed by atoms with E-state index in [1.165, 1.54) is 77.0 Å². The van der Waals surface area contributed by atoms with Gasteiger partial charge in [0.1, 0.15) is 19.8 Å². The number of quaternary nitrogens is 1. The van der Waals surface area contributed by atoms with Crippen LogP contribution in [0.25, 0.3) is 0 Å². The van der Waals surface area contributed by atoms with Crippen molar-refractivity contribution in [3.05, 3.63) is 36.5 Å². The van der Waals surface area contributed by atoms with E-state index in [2.05, 4.69) is 50.3 Å². The predicted molar refractivity (Wildman–Crippen MR) is 227 cm³/mol. The Bertz CT molecular complexity index is 1040. The zero-order chi connectivity index (χ0) is 40.7. The summed E-state index contributed by atoms with van der Waals surface area (Å²) in [5.74, 6) is -0.855. The number of carbonyl (C=O) groups excluding carboxylic acids is 2. The van der Waals surface area contributed by atoms with E-state index in [0.717, 1.165) is 77.0 Å². The molecule has 0 spiro atoms. The van der Waals surface area contributed by atoms with Gasteiger partial charge < -0.3 is 27.9 Å². The van der Waals surface area contributed by atoms with Crippen molar-refractivity contribution < 1.29 is 42.1 Å². The van der Waals surface area contributed by atoms with Crippen molar-refractivity contribution in [2.75, 3.05) is 47.5 Å². The molecule has 0 N–H and O–H groups in total. The van der Waals surface area contributed by atoms with Gasteiger partial charge in [0.2, 0.25) is 0 Å². The molecule has 322 valence electrons. The standard InChI is InChI=1S/C45H84NO8P/c1-6-8-10-12-14-16-18-20-22-23-24-26-27-29-31-33-35-37-44(47)51-41-43(42-53-55(49,50)52-40-39-46(3,4)5)54-45(48)38-36-34-32-30-28-25-21-19-17-15-13-11-9-7-2/h13,15,19-22,43H,6-12,14,16-18,23-42H2,1-5H3/b15-13+,21-19+,22-20+/t43-/m1/s1. The SMILES string of the molecule is CCCC/C=C/C/C=C/CCCCCCCC(=O)O[C@H](COC(=O)CCCCCCCCC/C=C/CCCCCCCC)COP(=O)([O-])OCC[N+](C)(C)C. The van der Waals surface area contributed by atoms with Gasteiger partial charge in [-0.15, -0.1) is 0 Å². The van der Waals surface area contributed by atoms with E-state index in [1.807, 2.05) is 21.1 Å². The minimum atomic E-state index is -4.63. The first-order chi connectivity index (χ1) is 26.5. The van der Waals surface area contributed by atoms with Crippen LogP contribution in [0.15, 0.2) is 36.5 Å². The van der Waals surface area contributed by atoms with E-state index in [9.17, 15) is 19.0 Å². The Kier molecular flexibility index (Phi) is 36.6. The van der Waals surface area contributed by atoms with E-state index >= 15 is 0 Å². The number of likely N-dealkylation sites (N-methyl/N-ethyl adjacent to an activating group) is 1. The summed E-state index contributed by atoms with van der Waals surface area (Å²) < 4.78 is 33.9.